The van der Waals surface area contributed by atoms with Crippen molar-refractivity contribution in [2.24, 2.45) is 5.92 Å². The number of halogens is 3. The van der Waals surface area contributed by atoms with E-state index in [9.17, 15) is 8.42 Å². The van der Waals surface area contributed by atoms with Crippen molar-refractivity contribution in [3.8, 4) is 0 Å². The van der Waals surface area contributed by atoms with E-state index >= 15 is 0 Å². The topological polar surface area (TPSA) is 59.1 Å². The molecule has 1 heterocycles. The van der Waals surface area contributed by atoms with Crippen molar-refractivity contribution in [3.05, 3.63) is 21.9 Å². The minimum atomic E-state index is -3.51. The van der Waals surface area contributed by atoms with Crippen molar-refractivity contribution < 1.29 is 8.42 Å². The van der Waals surface area contributed by atoms with Crippen LogP contribution in [-0.4, -0.2) is 25.0 Å². The number of nitrogens with zero attached hydrogens (tertiary/aromatic N) is 1. The second-order valence-electron chi connectivity index (χ2n) is 4.07. The van der Waals surface area contributed by atoms with Gasteiger partial charge in [0.15, 0.2) is 5.15 Å². The van der Waals surface area contributed by atoms with Crippen LogP contribution in [0.15, 0.2) is 6.07 Å². The zero-order chi connectivity index (χ0) is 13.9. The molecule has 4 nitrogen and oxygen atoms in total. The molecule has 0 fully saturated rings. The Morgan fingerprint density at radius 3 is 2.56 bits per heavy atom. The van der Waals surface area contributed by atoms with E-state index in [1.807, 2.05) is 0 Å². The SMILES string of the molecule is Cc1cc(Cl)nc(Cl)c1NS(=O)(=O)CC(C)CCl. The first-order chi connectivity index (χ1) is 8.25. The molecule has 0 radical (unpaired) electrons. The van der Waals surface area contributed by atoms with E-state index < -0.39 is 10.0 Å². The summed E-state index contributed by atoms with van der Waals surface area (Å²) in [5.74, 6) is 0.0463. The number of hydrogen-bond donors (Lipinski definition) is 1. The number of aryl methyl sites for hydroxylation is 1. The molecule has 0 aliphatic carbocycles. The van der Waals surface area contributed by atoms with Crippen molar-refractivity contribution in [1.29, 1.82) is 0 Å². The summed E-state index contributed by atoms with van der Waals surface area (Å²) in [5, 5.41) is 0.247. The molecule has 1 aromatic heterocycles. The van der Waals surface area contributed by atoms with Gasteiger partial charge in [0.25, 0.3) is 0 Å². The Labute approximate surface area is 122 Å². The molecule has 1 aromatic rings. The van der Waals surface area contributed by atoms with Gasteiger partial charge < -0.3 is 0 Å². The molecule has 0 aliphatic heterocycles. The molecule has 1 N–H and O–H groups in total. The monoisotopic (exact) mass is 330 g/mol. The van der Waals surface area contributed by atoms with E-state index in [1.54, 1.807) is 13.8 Å². The number of alkyl halides is 1. The predicted molar refractivity (Wildman–Crippen MR) is 76.3 cm³/mol. The lowest BCUT2D eigenvalue weighted by Crippen LogP contribution is -2.22. The number of anilines is 1. The van der Waals surface area contributed by atoms with Crippen LogP contribution in [0.4, 0.5) is 5.69 Å². The van der Waals surface area contributed by atoms with Crippen LogP contribution >= 0.6 is 34.8 Å². The molecule has 0 aromatic carbocycles. The fraction of sp³-hybridized carbons (Fsp3) is 0.500. The molecule has 18 heavy (non-hydrogen) atoms. The summed E-state index contributed by atoms with van der Waals surface area (Å²) in [6.07, 6.45) is 0. The highest BCUT2D eigenvalue weighted by Crippen LogP contribution is 2.27. The molecule has 0 saturated carbocycles. The van der Waals surface area contributed by atoms with Gasteiger partial charge >= 0.3 is 0 Å². The van der Waals surface area contributed by atoms with Crippen molar-refractivity contribution in [2.75, 3.05) is 16.4 Å². The summed E-state index contributed by atoms with van der Waals surface area (Å²) >= 11 is 17.2. The number of sulfonamides is 1. The smallest absolute Gasteiger partial charge is 0.233 e. The lowest BCUT2D eigenvalue weighted by molar-refractivity contribution is 0.588. The molecule has 1 atom stereocenters. The van der Waals surface area contributed by atoms with E-state index in [4.69, 9.17) is 34.8 Å². The van der Waals surface area contributed by atoms with Crippen LogP contribution in [0, 0.1) is 12.8 Å². The summed E-state index contributed by atoms with van der Waals surface area (Å²) in [4.78, 5) is 3.80. The van der Waals surface area contributed by atoms with E-state index in [0.29, 0.717) is 5.56 Å². The first-order valence-corrected chi connectivity index (χ1v) is 8.08. The maximum atomic E-state index is 11.9. The first-order valence-electron chi connectivity index (χ1n) is 5.14. The van der Waals surface area contributed by atoms with Crippen molar-refractivity contribution in [3.63, 3.8) is 0 Å². The third-order valence-electron chi connectivity index (χ3n) is 2.17. The maximum absolute atomic E-state index is 11.9. The zero-order valence-corrected chi connectivity index (χ0v) is 13.0. The standard InChI is InChI=1S/C10H13Cl3N2O2S/c1-6(4-11)5-18(16,17)15-9-7(2)3-8(12)14-10(9)13/h3,6,15H,4-5H2,1-2H3. The third-order valence-corrected chi connectivity index (χ3v) is 4.68. The molecule has 102 valence electrons. The molecule has 1 unspecified atom stereocenters. The van der Waals surface area contributed by atoms with Crippen LogP contribution < -0.4 is 4.72 Å². The van der Waals surface area contributed by atoms with Crippen LogP contribution in [0.2, 0.25) is 10.3 Å². The largest absolute Gasteiger partial charge is 0.280 e. The molecule has 0 amide bonds. The fourth-order valence-corrected chi connectivity index (χ4v) is 3.73. The van der Waals surface area contributed by atoms with E-state index in [0.717, 1.165) is 0 Å². The van der Waals surface area contributed by atoms with Crippen LogP contribution in [0.1, 0.15) is 12.5 Å². The van der Waals surface area contributed by atoms with Gasteiger partial charge in [0.1, 0.15) is 5.15 Å². The summed E-state index contributed by atoms with van der Waals surface area (Å²) in [6.45, 7) is 3.45. The summed E-state index contributed by atoms with van der Waals surface area (Å²) < 4.78 is 26.1. The van der Waals surface area contributed by atoms with Gasteiger partial charge in [-0.3, -0.25) is 4.72 Å². The van der Waals surface area contributed by atoms with Crippen LogP contribution in [0.5, 0.6) is 0 Å². The molecule has 1 rings (SSSR count). The van der Waals surface area contributed by atoms with Crippen molar-refractivity contribution >= 4 is 50.5 Å². The van der Waals surface area contributed by atoms with Crippen LogP contribution in [0.25, 0.3) is 0 Å². The first kappa shape index (κ1) is 15.8. The number of hydrogen-bond acceptors (Lipinski definition) is 3. The molecular formula is C10H13Cl3N2O2S. The summed E-state index contributed by atoms with van der Waals surface area (Å²) in [7, 11) is -3.51. The highest BCUT2D eigenvalue weighted by atomic mass is 35.5. The van der Waals surface area contributed by atoms with Gasteiger partial charge in [0, 0.05) is 5.88 Å². The van der Waals surface area contributed by atoms with Gasteiger partial charge in [-0.05, 0) is 24.5 Å². The number of nitrogens with one attached hydrogen (secondary N) is 1. The van der Waals surface area contributed by atoms with Crippen LogP contribution in [0.3, 0.4) is 0 Å². The van der Waals surface area contributed by atoms with Crippen molar-refractivity contribution in [1.82, 2.24) is 4.98 Å². The Kier molecular flexibility index (Phi) is 5.52. The molecule has 8 heteroatoms. The zero-order valence-electron chi connectivity index (χ0n) is 9.87. The van der Waals surface area contributed by atoms with Crippen molar-refractivity contribution in [2.45, 2.75) is 13.8 Å². The third kappa shape index (κ3) is 4.46. The maximum Gasteiger partial charge on any atom is 0.233 e. The van der Waals surface area contributed by atoms with E-state index in [1.165, 1.54) is 6.07 Å². The van der Waals surface area contributed by atoms with Gasteiger partial charge in [0.2, 0.25) is 10.0 Å². The van der Waals surface area contributed by atoms with E-state index in [-0.39, 0.29) is 33.5 Å². The highest BCUT2D eigenvalue weighted by Gasteiger charge is 2.18. The average Bonchev–Trinajstić information content (AvgIpc) is 2.22. The number of aromatic nitrogens is 1. The van der Waals surface area contributed by atoms with Crippen LogP contribution in [-0.2, 0) is 10.0 Å². The Morgan fingerprint density at radius 2 is 2.06 bits per heavy atom. The fourth-order valence-electron chi connectivity index (χ4n) is 1.33. The van der Waals surface area contributed by atoms with Gasteiger partial charge in [-0.1, -0.05) is 30.1 Å². The summed E-state index contributed by atoms with van der Waals surface area (Å²) in [6, 6.07) is 1.54. The normalized spacial score (nSPS) is 13.4. The van der Waals surface area contributed by atoms with Gasteiger partial charge in [-0.25, -0.2) is 13.4 Å². The number of pyridine rings is 1. The Hall–Kier alpha value is -0.230. The minimum Gasteiger partial charge on any atom is -0.280 e. The molecule has 0 bridgehead atoms. The Bertz CT molecular complexity index is 511. The molecule has 0 saturated heterocycles. The Balaban J connectivity index is 2.98. The van der Waals surface area contributed by atoms with Gasteiger partial charge in [-0.2, -0.15) is 0 Å². The van der Waals surface area contributed by atoms with E-state index in [2.05, 4.69) is 9.71 Å². The Morgan fingerprint density at radius 1 is 1.44 bits per heavy atom. The quantitative estimate of drug-likeness (QED) is 0.665. The lowest BCUT2D eigenvalue weighted by atomic mass is 10.3. The second kappa shape index (κ2) is 6.28. The molecule has 0 aliphatic rings. The summed E-state index contributed by atoms with van der Waals surface area (Å²) in [5.41, 5.74) is 0.866. The van der Waals surface area contributed by atoms with Gasteiger partial charge in [0.05, 0.1) is 11.4 Å². The molecule has 0 spiro atoms. The second-order valence-corrected chi connectivity index (χ2v) is 6.89. The minimum absolute atomic E-state index is 0.0297. The average molecular weight is 332 g/mol. The van der Waals surface area contributed by atoms with Gasteiger partial charge in [-0.15, -0.1) is 11.6 Å². The number of rotatable bonds is 5. The molecular weight excluding hydrogens is 319 g/mol. The predicted octanol–water partition coefficient (Wildman–Crippen LogP) is 3.31. The highest BCUT2D eigenvalue weighted by molar-refractivity contribution is 7.92. The lowest BCUT2D eigenvalue weighted by Gasteiger charge is -2.13.